The van der Waals surface area contributed by atoms with Gasteiger partial charge in [-0.15, -0.1) is 0 Å². The second kappa shape index (κ2) is 5.71. The molecule has 0 bridgehead atoms. The van der Waals surface area contributed by atoms with E-state index in [2.05, 4.69) is 5.32 Å². The Hall–Kier alpha value is -2.40. The van der Waals surface area contributed by atoms with Crippen molar-refractivity contribution in [2.45, 2.75) is 6.54 Å². The van der Waals surface area contributed by atoms with Crippen LogP contribution in [0.1, 0.15) is 15.9 Å². The smallest absolute Gasteiger partial charge is 0.250 e. The molecule has 0 unspecified atom stereocenters. The van der Waals surface area contributed by atoms with E-state index in [0.29, 0.717) is 12.2 Å². The van der Waals surface area contributed by atoms with Gasteiger partial charge in [0.05, 0.1) is 10.6 Å². The highest BCUT2D eigenvalue weighted by molar-refractivity contribution is 6.34. The number of phenols is 2. The number of aromatic hydroxyl groups is 2. The Morgan fingerprint density at radius 1 is 1.15 bits per heavy atom. The van der Waals surface area contributed by atoms with Crippen molar-refractivity contribution in [3.8, 4) is 11.5 Å². The van der Waals surface area contributed by atoms with Crippen molar-refractivity contribution in [3.05, 3.63) is 52.5 Å². The summed E-state index contributed by atoms with van der Waals surface area (Å²) in [6.07, 6.45) is 0. The van der Waals surface area contributed by atoms with Crippen molar-refractivity contribution in [1.29, 1.82) is 0 Å². The highest BCUT2D eigenvalue weighted by Crippen LogP contribution is 2.26. The predicted octanol–water partition coefficient (Wildman–Crippen LogP) is 2.46. The number of carbonyl (C=O) groups excluding carboxylic acids is 1. The molecule has 1 amide bonds. The Morgan fingerprint density at radius 2 is 1.90 bits per heavy atom. The molecule has 2 rings (SSSR count). The maximum Gasteiger partial charge on any atom is 0.250 e. The van der Waals surface area contributed by atoms with Gasteiger partial charge in [-0.1, -0.05) is 17.7 Å². The van der Waals surface area contributed by atoms with Crippen LogP contribution < -0.4 is 11.1 Å². The summed E-state index contributed by atoms with van der Waals surface area (Å²) in [4.78, 5) is 11.0. The van der Waals surface area contributed by atoms with Crippen molar-refractivity contribution < 1.29 is 15.0 Å². The Morgan fingerprint density at radius 3 is 2.50 bits per heavy atom. The highest BCUT2D eigenvalue weighted by Gasteiger charge is 2.07. The van der Waals surface area contributed by atoms with E-state index in [1.54, 1.807) is 24.3 Å². The van der Waals surface area contributed by atoms with E-state index in [9.17, 15) is 15.0 Å². The van der Waals surface area contributed by atoms with E-state index in [-0.39, 0.29) is 22.1 Å². The third-order valence-electron chi connectivity index (χ3n) is 2.77. The predicted molar refractivity (Wildman–Crippen MR) is 77.1 cm³/mol. The molecule has 2 aromatic carbocycles. The molecule has 0 spiro atoms. The second-order valence-electron chi connectivity index (χ2n) is 4.24. The number of phenolic OH excluding ortho intramolecular Hbond substituents is 2. The van der Waals surface area contributed by atoms with Crippen molar-refractivity contribution in [1.82, 2.24) is 0 Å². The van der Waals surface area contributed by atoms with Gasteiger partial charge in [0.25, 0.3) is 0 Å². The van der Waals surface area contributed by atoms with E-state index < -0.39 is 5.91 Å². The number of carbonyl (C=O) groups is 1. The summed E-state index contributed by atoms with van der Waals surface area (Å²) in [5, 5.41) is 22.0. The lowest BCUT2D eigenvalue weighted by atomic mass is 10.1. The molecule has 5 N–H and O–H groups in total. The number of halogens is 1. The van der Waals surface area contributed by atoms with E-state index in [1.165, 1.54) is 12.1 Å². The van der Waals surface area contributed by atoms with Gasteiger partial charge in [-0.2, -0.15) is 0 Å². The maximum absolute atomic E-state index is 11.0. The minimum Gasteiger partial charge on any atom is -0.504 e. The summed E-state index contributed by atoms with van der Waals surface area (Å²) in [6.45, 7) is 0.431. The van der Waals surface area contributed by atoms with Gasteiger partial charge in [0.15, 0.2) is 11.5 Å². The molecule has 0 saturated carbocycles. The van der Waals surface area contributed by atoms with Gasteiger partial charge in [0, 0.05) is 12.2 Å². The first kappa shape index (κ1) is 14.0. The average Bonchev–Trinajstić information content (AvgIpc) is 2.40. The molecule has 20 heavy (non-hydrogen) atoms. The Kier molecular flexibility index (Phi) is 4.00. The molecule has 104 valence electrons. The number of rotatable bonds is 4. The normalized spacial score (nSPS) is 10.2. The molecule has 6 heteroatoms. The fraction of sp³-hybridized carbons (Fsp3) is 0.0714. The van der Waals surface area contributed by atoms with Crippen LogP contribution in [0.3, 0.4) is 0 Å². The Bertz CT molecular complexity index is 659. The second-order valence-corrected chi connectivity index (χ2v) is 4.64. The lowest BCUT2D eigenvalue weighted by molar-refractivity contribution is 0.100. The summed E-state index contributed by atoms with van der Waals surface area (Å²) >= 11 is 5.94. The molecule has 0 atom stereocenters. The Balaban J connectivity index is 2.09. The van der Waals surface area contributed by atoms with E-state index in [4.69, 9.17) is 17.3 Å². The van der Waals surface area contributed by atoms with Crippen LogP contribution in [-0.4, -0.2) is 16.1 Å². The number of nitrogens with one attached hydrogen (secondary N) is 1. The topological polar surface area (TPSA) is 95.6 Å². The standard InChI is InChI=1S/C14H13ClN2O3/c15-11-6-9(2-3-10(11)14(16)20)17-7-8-1-4-12(18)13(19)5-8/h1-6,17-19H,7H2,(H2,16,20). The lowest BCUT2D eigenvalue weighted by Crippen LogP contribution is -2.11. The van der Waals surface area contributed by atoms with Gasteiger partial charge in [0.2, 0.25) is 5.91 Å². The van der Waals surface area contributed by atoms with E-state index in [1.807, 2.05) is 0 Å². The zero-order chi connectivity index (χ0) is 14.7. The number of benzene rings is 2. The van der Waals surface area contributed by atoms with Gasteiger partial charge in [-0.3, -0.25) is 4.79 Å². The van der Waals surface area contributed by atoms with Crippen LogP contribution in [0.5, 0.6) is 11.5 Å². The third-order valence-corrected chi connectivity index (χ3v) is 3.08. The Labute approximate surface area is 120 Å². The summed E-state index contributed by atoms with van der Waals surface area (Å²) in [5.41, 5.74) is 6.93. The lowest BCUT2D eigenvalue weighted by Gasteiger charge is -2.09. The molecule has 0 aliphatic carbocycles. The van der Waals surface area contributed by atoms with E-state index >= 15 is 0 Å². The van der Waals surface area contributed by atoms with Gasteiger partial charge < -0.3 is 21.3 Å². The van der Waals surface area contributed by atoms with Crippen molar-refractivity contribution >= 4 is 23.2 Å². The van der Waals surface area contributed by atoms with Crippen molar-refractivity contribution in [3.63, 3.8) is 0 Å². The highest BCUT2D eigenvalue weighted by atomic mass is 35.5. The van der Waals surface area contributed by atoms with Crippen LogP contribution in [0.4, 0.5) is 5.69 Å². The molecular weight excluding hydrogens is 280 g/mol. The molecule has 0 aromatic heterocycles. The molecule has 0 aliphatic rings. The minimum absolute atomic E-state index is 0.164. The monoisotopic (exact) mass is 292 g/mol. The molecule has 2 aromatic rings. The molecule has 5 nitrogen and oxygen atoms in total. The van der Waals surface area contributed by atoms with Gasteiger partial charge in [0.1, 0.15) is 0 Å². The first-order valence-electron chi connectivity index (χ1n) is 5.81. The van der Waals surface area contributed by atoms with Crippen LogP contribution in [0.15, 0.2) is 36.4 Å². The van der Waals surface area contributed by atoms with Crippen molar-refractivity contribution in [2.75, 3.05) is 5.32 Å². The van der Waals surface area contributed by atoms with Crippen LogP contribution in [0.25, 0.3) is 0 Å². The fourth-order valence-electron chi connectivity index (χ4n) is 1.71. The van der Waals surface area contributed by atoms with Crippen LogP contribution in [0, 0.1) is 0 Å². The number of hydrogen-bond acceptors (Lipinski definition) is 4. The molecule has 0 saturated heterocycles. The third kappa shape index (κ3) is 3.13. The molecule has 0 fully saturated rings. The summed E-state index contributed by atoms with van der Waals surface area (Å²) in [6, 6.07) is 9.38. The number of anilines is 1. The molecular formula is C14H13ClN2O3. The zero-order valence-electron chi connectivity index (χ0n) is 10.4. The molecule has 0 heterocycles. The largest absolute Gasteiger partial charge is 0.504 e. The van der Waals surface area contributed by atoms with Crippen molar-refractivity contribution in [2.24, 2.45) is 5.73 Å². The minimum atomic E-state index is -0.579. The summed E-state index contributed by atoms with van der Waals surface area (Å²) in [7, 11) is 0. The van der Waals surface area contributed by atoms with Crippen LogP contribution >= 0.6 is 11.6 Å². The molecule has 0 radical (unpaired) electrons. The molecule has 0 aliphatic heterocycles. The first-order valence-corrected chi connectivity index (χ1v) is 6.19. The first-order chi connectivity index (χ1) is 9.47. The van der Waals surface area contributed by atoms with Gasteiger partial charge in [-0.05, 0) is 35.9 Å². The SMILES string of the molecule is NC(=O)c1ccc(NCc2ccc(O)c(O)c2)cc1Cl. The fourth-order valence-corrected chi connectivity index (χ4v) is 1.98. The summed E-state index contributed by atoms with van der Waals surface area (Å²) < 4.78 is 0. The van der Waals surface area contributed by atoms with Gasteiger partial charge in [-0.25, -0.2) is 0 Å². The van der Waals surface area contributed by atoms with E-state index in [0.717, 1.165) is 5.56 Å². The number of hydrogen-bond donors (Lipinski definition) is 4. The quantitative estimate of drug-likeness (QED) is 0.651. The van der Waals surface area contributed by atoms with Crippen LogP contribution in [-0.2, 0) is 6.54 Å². The number of nitrogens with two attached hydrogens (primary N) is 1. The zero-order valence-corrected chi connectivity index (χ0v) is 11.2. The van der Waals surface area contributed by atoms with Crippen LogP contribution in [0.2, 0.25) is 5.02 Å². The average molecular weight is 293 g/mol. The number of amides is 1. The maximum atomic E-state index is 11.0. The summed E-state index contributed by atoms with van der Waals surface area (Å²) in [5.74, 6) is -0.918. The van der Waals surface area contributed by atoms with Gasteiger partial charge >= 0.3 is 0 Å². The number of primary amides is 1.